The van der Waals surface area contributed by atoms with Crippen LogP contribution in [-0.4, -0.2) is 24.1 Å². The molecule has 54 heavy (non-hydrogen) atoms. The van der Waals surface area contributed by atoms with Crippen molar-refractivity contribution in [2.75, 3.05) is 0 Å². The highest BCUT2D eigenvalue weighted by Gasteiger charge is 2.21. The van der Waals surface area contributed by atoms with Gasteiger partial charge in [-0.2, -0.15) is 9.97 Å². The average Bonchev–Trinajstić information content (AvgIpc) is 3.77. The number of fused-ring (bicyclic) bond motifs is 8. The molecular formula is C49H31N5. The van der Waals surface area contributed by atoms with Gasteiger partial charge in [-0.25, -0.2) is 4.98 Å². The summed E-state index contributed by atoms with van der Waals surface area (Å²) in [5.41, 5.74) is 9.89. The first-order chi connectivity index (χ1) is 26.8. The van der Waals surface area contributed by atoms with Crippen molar-refractivity contribution < 1.29 is 0 Å². The molecule has 0 amide bonds. The quantitative estimate of drug-likeness (QED) is 0.181. The van der Waals surface area contributed by atoms with Crippen molar-refractivity contribution in [1.29, 1.82) is 0 Å². The number of rotatable bonds is 5. The maximum Gasteiger partial charge on any atom is 0.238 e. The molecule has 0 unspecified atom stereocenters. The number of benzene rings is 8. The summed E-state index contributed by atoms with van der Waals surface area (Å²) < 4.78 is 4.60. The Hall–Kier alpha value is -7.37. The van der Waals surface area contributed by atoms with Gasteiger partial charge in [-0.15, -0.1) is 0 Å². The van der Waals surface area contributed by atoms with E-state index >= 15 is 0 Å². The summed E-state index contributed by atoms with van der Waals surface area (Å²) in [6.45, 7) is 0. The van der Waals surface area contributed by atoms with Gasteiger partial charge in [0.15, 0.2) is 11.6 Å². The molecule has 3 aromatic heterocycles. The van der Waals surface area contributed by atoms with Gasteiger partial charge >= 0.3 is 0 Å². The fraction of sp³-hybridized carbons (Fsp3) is 0. The van der Waals surface area contributed by atoms with E-state index in [0.29, 0.717) is 17.6 Å². The number of hydrogen-bond donors (Lipinski definition) is 0. The molecule has 0 radical (unpaired) electrons. The standard InChI is InChI=1S/C49H31N5/c1-4-16-32(17-5-1)47-50-48(33-18-6-2-7-19-33)52-49(51-47)54-44-27-15-12-23-37(44)41-30-34(28-29-45(41)54)40-31-42-38-24-13-14-26-43(38)53(35-20-8-3-9-21-35)46(42)39-25-11-10-22-36(39)40/h1-31H. The second-order valence-corrected chi connectivity index (χ2v) is 13.7. The van der Waals surface area contributed by atoms with Crippen molar-refractivity contribution in [2.45, 2.75) is 0 Å². The van der Waals surface area contributed by atoms with Gasteiger partial charge in [-0.1, -0.05) is 146 Å². The minimum Gasteiger partial charge on any atom is -0.309 e. The summed E-state index contributed by atoms with van der Waals surface area (Å²) in [7, 11) is 0. The average molecular weight is 690 g/mol. The van der Waals surface area contributed by atoms with Crippen molar-refractivity contribution in [3.8, 4) is 45.5 Å². The fourth-order valence-electron chi connectivity index (χ4n) is 8.16. The topological polar surface area (TPSA) is 48.5 Å². The molecule has 0 spiro atoms. The van der Waals surface area contributed by atoms with E-state index in [1.54, 1.807) is 0 Å². The molecule has 0 fully saturated rings. The lowest BCUT2D eigenvalue weighted by molar-refractivity contribution is 0.953. The van der Waals surface area contributed by atoms with E-state index in [0.717, 1.165) is 44.2 Å². The molecule has 0 N–H and O–H groups in total. The van der Waals surface area contributed by atoms with Crippen LogP contribution in [0.3, 0.4) is 0 Å². The van der Waals surface area contributed by atoms with E-state index < -0.39 is 0 Å². The summed E-state index contributed by atoms with van der Waals surface area (Å²) in [6.07, 6.45) is 0. The Labute approximate surface area is 311 Å². The maximum atomic E-state index is 5.12. The normalized spacial score (nSPS) is 11.7. The molecule has 0 atom stereocenters. The van der Waals surface area contributed by atoms with Crippen LogP contribution in [0.2, 0.25) is 0 Å². The lowest BCUT2D eigenvalue weighted by Crippen LogP contribution is -2.06. The molecule has 5 heteroatoms. The molecule has 11 aromatic rings. The first-order valence-electron chi connectivity index (χ1n) is 18.2. The van der Waals surface area contributed by atoms with E-state index in [4.69, 9.17) is 15.0 Å². The monoisotopic (exact) mass is 689 g/mol. The molecule has 0 aliphatic heterocycles. The number of nitrogens with zero attached hydrogens (tertiary/aromatic N) is 5. The third kappa shape index (κ3) is 4.69. The highest BCUT2D eigenvalue weighted by molar-refractivity contribution is 6.22. The van der Waals surface area contributed by atoms with Gasteiger partial charge in [0, 0.05) is 43.7 Å². The van der Waals surface area contributed by atoms with Gasteiger partial charge < -0.3 is 4.57 Å². The smallest absolute Gasteiger partial charge is 0.238 e. The highest BCUT2D eigenvalue weighted by Crippen LogP contribution is 2.43. The molecule has 5 nitrogen and oxygen atoms in total. The zero-order valence-electron chi connectivity index (χ0n) is 29.1. The van der Waals surface area contributed by atoms with Gasteiger partial charge in [0.2, 0.25) is 5.95 Å². The molecule has 0 aliphatic rings. The van der Waals surface area contributed by atoms with Crippen LogP contribution >= 0.6 is 0 Å². The Morgan fingerprint density at radius 3 is 1.46 bits per heavy atom. The lowest BCUT2D eigenvalue weighted by atomic mass is 9.94. The van der Waals surface area contributed by atoms with E-state index in [1.165, 1.54) is 38.1 Å². The van der Waals surface area contributed by atoms with E-state index in [-0.39, 0.29) is 0 Å². The Morgan fingerprint density at radius 2 is 0.815 bits per heavy atom. The number of aromatic nitrogens is 5. The molecule has 0 bridgehead atoms. The predicted molar refractivity (Wildman–Crippen MR) is 222 cm³/mol. The van der Waals surface area contributed by atoms with Crippen molar-refractivity contribution >= 4 is 54.4 Å². The lowest BCUT2D eigenvalue weighted by Gasteiger charge is -2.13. The first kappa shape index (κ1) is 30.3. The second kappa shape index (κ2) is 12.1. The molecule has 8 aromatic carbocycles. The first-order valence-corrected chi connectivity index (χ1v) is 18.2. The third-order valence-corrected chi connectivity index (χ3v) is 10.6. The maximum absolute atomic E-state index is 5.12. The van der Waals surface area contributed by atoms with Crippen molar-refractivity contribution in [1.82, 2.24) is 24.1 Å². The summed E-state index contributed by atoms with van der Waals surface area (Å²) in [5.74, 6) is 1.86. The van der Waals surface area contributed by atoms with Crippen LogP contribution in [0.4, 0.5) is 0 Å². The minimum atomic E-state index is 0.585. The largest absolute Gasteiger partial charge is 0.309 e. The van der Waals surface area contributed by atoms with Gasteiger partial charge in [-0.05, 0) is 59.0 Å². The van der Waals surface area contributed by atoms with Crippen LogP contribution in [0.1, 0.15) is 0 Å². The van der Waals surface area contributed by atoms with Crippen LogP contribution in [0.25, 0.3) is 99.9 Å². The van der Waals surface area contributed by atoms with Crippen LogP contribution < -0.4 is 0 Å². The summed E-state index contributed by atoms with van der Waals surface area (Å²) in [5, 5.41) is 7.19. The molecule has 0 aliphatic carbocycles. The Balaban J connectivity index is 1.17. The Bertz CT molecular complexity index is 3140. The van der Waals surface area contributed by atoms with Crippen molar-refractivity contribution in [3.63, 3.8) is 0 Å². The van der Waals surface area contributed by atoms with Crippen LogP contribution in [0.15, 0.2) is 188 Å². The SMILES string of the molecule is c1ccc(-c2nc(-c3ccccc3)nc(-n3c4ccccc4c4cc(-c5cc6c7ccccc7n(-c7ccccc7)c6c6ccccc56)ccc43)n2)cc1. The van der Waals surface area contributed by atoms with Crippen LogP contribution in [0, 0.1) is 0 Å². The highest BCUT2D eigenvalue weighted by atomic mass is 15.2. The van der Waals surface area contributed by atoms with E-state index in [9.17, 15) is 0 Å². The third-order valence-electron chi connectivity index (χ3n) is 10.6. The number of hydrogen-bond acceptors (Lipinski definition) is 3. The molecule has 252 valence electrons. The van der Waals surface area contributed by atoms with Crippen molar-refractivity contribution in [3.05, 3.63) is 188 Å². The Kier molecular flexibility index (Phi) is 6.79. The summed E-state index contributed by atoms with van der Waals surface area (Å²) in [6, 6.07) is 66.3. The zero-order chi connectivity index (χ0) is 35.6. The molecule has 3 heterocycles. The molecular weight excluding hydrogens is 659 g/mol. The van der Waals surface area contributed by atoms with Crippen LogP contribution in [0.5, 0.6) is 0 Å². The van der Waals surface area contributed by atoms with E-state index in [1.807, 2.05) is 60.7 Å². The Morgan fingerprint density at radius 1 is 0.315 bits per heavy atom. The minimum absolute atomic E-state index is 0.585. The molecule has 0 saturated heterocycles. The molecule has 11 rings (SSSR count). The van der Waals surface area contributed by atoms with Crippen LogP contribution in [-0.2, 0) is 0 Å². The fourth-order valence-corrected chi connectivity index (χ4v) is 8.16. The second-order valence-electron chi connectivity index (χ2n) is 13.7. The summed E-state index contributed by atoms with van der Waals surface area (Å²) >= 11 is 0. The number of para-hydroxylation sites is 3. The predicted octanol–water partition coefficient (Wildman–Crippen LogP) is 12.2. The zero-order valence-corrected chi connectivity index (χ0v) is 29.1. The van der Waals surface area contributed by atoms with Gasteiger partial charge in [0.05, 0.1) is 22.1 Å². The van der Waals surface area contributed by atoms with Gasteiger partial charge in [0.1, 0.15) is 0 Å². The summed E-state index contributed by atoms with van der Waals surface area (Å²) in [4.78, 5) is 15.2. The van der Waals surface area contributed by atoms with Gasteiger partial charge in [0.25, 0.3) is 0 Å². The van der Waals surface area contributed by atoms with Crippen molar-refractivity contribution in [2.24, 2.45) is 0 Å². The van der Waals surface area contributed by atoms with E-state index in [2.05, 4.69) is 137 Å². The molecule has 0 saturated carbocycles. The van der Waals surface area contributed by atoms with Gasteiger partial charge in [-0.3, -0.25) is 4.57 Å².